The first kappa shape index (κ1) is 17.5. The molecule has 3 aromatic rings. The highest BCUT2D eigenvalue weighted by atomic mass is 79.9. The Morgan fingerprint density at radius 2 is 1.88 bits per heavy atom. The zero-order valence-electron chi connectivity index (χ0n) is 13.1. The van der Waals surface area contributed by atoms with Gasteiger partial charge in [0.25, 0.3) is 11.5 Å². The van der Waals surface area contributed by atoms with E-state index in [4.69, 9.17) is 11.6 Å². The number of benzene rings is 2. The number of anilines is 1. The molecule has 0 atom stereocenters. The molecule has 4 nitrogen and oxygen atoms in total. The predicted molar refractivity (Wildman–Crippen MR) is 103 cm³/mol. The number of hydrogen-bond donors (Lipinski definition) is 1. The number of aromatic nitrogens is 1. The molecular weight excluding hydrogens is 404 g/mol. The fourth-order valence-corrected chi connectivity index (χ4v) is 3.00. The second-order valence-corrected chi connectivity index (χ2v) is 6.73. The Bertz CT molecular complexity index is 985. The van der Waals surface area contributed by atoms with Gasteiger partial charge in [-0.2, -0.15) is 0 Å². The van der Waals surface area contributed by atoms with Crippen LogP contribution in [0.15, 0.2) is 76.1 Å². The Labute approximate surface area is 158 Å². The van der Waals surface area contributed by atoms with Crippen molar-refractivity contribution in [2.45, 2.75) is 6.54 Å². The maximum absolute atomic E-state index is 12.6. The van der Waals surface area contributed by atoms with Gasteiger partial charge < -0.3 is 9.88 Å². The molecule has 1 N–H and O–H groups in total. The second-order valence-electron chi connectivity index (χ2n) is 5.41. The highest BCUT2D eigenvalue weighted by Crippen LogP contribution is 2.17. The molecule has 1 aromatic heterocycles. The Morgan fingerprint density at radius 1 is 1.08 bits per heavy atom. The third-order valence-corrected chi connectivity index (χ3v) is 4.51. The normalized spacial score (nSPS) is 10.5. The third-order valence-electron chi connectivity index (χ3n) is 3.65. The van der Waals surface area contributed by atoms with Crippen molar-refractivity contribution in [2.75, 3.05) is 5.32 Å². The van der Waals surface area contributed by atoms with E-state index in [1.807, 2.05) is 24.3 Å². The average Bonchev–Trinajstić information content (AvgIpc) is 2.58. The molecule has 0 aliphatic carbocycles. The summed E-state index contributed by atoms with van der Waals surface area (Å²) in [6.07, 6.45) is 1.64. The molecular formula is C19H14BrClN2O2. The van der Waals surface area contributed by atoms with Crippen LogP contribution in [0.25, 0.3) is 0 Å². The second kappa shape index (κ2) is 7.68. The van der Waals surface area contributed by atoms with Crippen LogP contribution in [0.5, 0.6) is 0 Å². The number of carbonyl (C=O) groups is 1. The highest BCUT2D eigenvalue weighted by molar-refractivity contribution is 9.10. The molecule has 25 heavy (non-hydrogen) atoms. The number of hydrogen-bond acceptors (Lipinski definition) is 2. The summed E-state index contributed by atoms with van der Waals surface area (Å²) in [5.74, 6) is -0.448. The molecule has 3 rings (SSSR count). The number of nitrogens with one attached hydrogen (secondary N) is 1. The first-order valence-electron chi connectivity index (χ1n) is 7.54. The quantitative estimate of drug-likeness (QED) is 0.676. The van der Waals surface area contributed by atoms with Gasteiger partial charge in [0, 0.05) is 21.4 Å². The summed E-state index contributed by atoms with van der Waals surface area (Å²) in [6, 6.07) is 17.7. The van der Waals surface area contributed by atoms with Crippen LogP contribution in [0, 0.1) is 0 Å². The third kappa shape index (κ3) is 4.18. The minimum Gasteiger partial charge on any atom is -0.322 e. The molecule has 1 heterocycles. The van der Waals surface area contributed by atoms with E-state index in [1.54, 1.807) is 36.5 Å². The van der Waals surface area contributed by atoms with Crippen molar-refractivity contribution in [2.24, 2.45) is 0 Å². The van der Waals surface area contributed by atoms with Gasteiger partial charge in [0.15, 0.2) is 0 Å². The number of amides is 1. The topological polar surface area (TPSA) is 51.1 Å². The summed E-state index contributed by atoms with van der Waals surface area (Å²) in [4.78, 5) is 25.1. The molecule has 0 saturated heterocycles. The molecule has 0 aliphatic heterocycles. The van der Waals surface area contributed by atoms with E-state index in [1.165, 1.54) is 10.6 Å². The van der Waals surface area contributed by atoms with Gasteiger partial charge in [-0.1, -0.05) is 51.8 Å². The van der Waals surface area contributed by atoms with Crippen LogP contribution in [0.4, 0.5) is 5.69 Å². The van der Waals surface area contributed by atoms with Gasteiger partial charge in [0.05, 0.1) is 6.54 Å². The standard InChI is InChI=1S/C19H14BrClN2O2/c20-14-6-3-7-15(11-14)22-18(24)16-8-4-10-23(19(16)25)12-13-5-1-2-9-17(13)21/h1-11H,12H2,(H,22,24). The Kier molecular flexibility index (Phi) is 5.36. The summed E-state index contributed by atoms with van der Waals surface area (Å²) in [7, 11) is 0. The molecule has 0 saturated carbocycles. The van der Waals surface area contributed by atoms with Crippen molar-refractivity contribution in [3.63, 3.8) is 0 Å². The molecule has 6 heteroatoms. The van der Waals surface area contributed by atoms with Gasteiger partial charge in [-0.25, -0.2) is 0 Å². The van der Waals surface area contributed by atoms with Crippen molar-refractivity contribution in [1.29, 1.82) is 0 Å². The lowest BCUT2D eigenvalue weighted by Crippen LogP contribution is -2.29. The first-order valence-corrected chi connectivity index (χ1v) is 8.71. The van der Waals surface area contributed by atoms with Gasteiger partial charge in [-0.3, -0.25) is 9.59 Å². The van der Waals surface area contributed by atoms with Crippen molar-refractivity contribution in [1.82, 2.24) is 4.57 Å². The average molecular weight is 418 g/mol. The summed E-state index contributed by atoms with van der Waals surface area (Å²) in [5.41, 5.74) is 1.14. The maximum atomic E-state index is 12.6. The van der Waals surface area contributed by atoms with Crippen LogP contribution in [-0.2, 0) is 6.54 Å². The van der Waals surface area contributed by atoms with E-state index < -0.39 is 5.91 Å². The predicted octanol–water partition coefficient (Wildman–Crippen LogP) is 4.56. The number of carbonyl (C=O) groups excluding carboxylic acids is 1. The number of halogens is 2. The molecule has 2 aromatic carbocycles. The van der Waals surface area contributed by atoms with Gasteiger partial charge in [0.1, 0.15) is 5.56 Å². The van der Waals surface area contributed by atoms with E-state index in [9.17, 15) is 9.59 Å². The fourth-order valence-electron chi connectivity index (χ4n) is 2.41. The zero-order valence-corrected chi connectivity index (χ0v) is 15.4. The molecule has 0 unspecified atom stereocenters. The summed E-state index contributed by atoms with van der Waals surface area (Å²) >= 11 is 9.50. The zero-order chi connectivity index (χ0) is 17.8. The summed E-state index contributed by atoms with van der Waals surface area (Å²) in [5, 5.41) is 3.32. The highest BCUT2D eigenvalue weighted by Gasteiger charge is 2.13. The monoisotopic (exact) mass is 416 g/mol. The van der Waals surface area contributed by atoms with E-state index in [0.29, 0.717) is 17.3 Å². The largest absolute Gasteiger partial charge is 0.322 e. The summed E-state index contributed by atoms with van der Waals surface area (Å²) < 4.78 is 2.31. The van der Waals surface area contributed by atoms with Crippen molar-refractivity contribution >= 4 is 39.1 Å². The fraction of sp³-hybridized carbons (Fsp3) is 0.0526. The minimum atomic E-state index is -0.448. The number of nitrogens with zero attached hydrogens (tertiary/aromatic N) is 1. The van der Waals surface area contributed by atoms with E-state index >= 15 is 0 Å². The number of rotatable bonds is 4. The molecule has 0 fully saturated rings. The van der Waals surface area contributed by atoms with Gasteiger partial charge >= 0.3 is 0 Å². The van der Waals surface area contributed by atoms with Gasteiger partial charge in [-0.05, 0) is 42.0 Å². The van der Waals surface area contributed by atoms with Crippen LogP contribution >= 0.6 is 27.5 Å². The van der Waals surface area contributed by atoms with E-state index in [2.05, 4.69) is 21.2 Å². The van der Waals surface area contributed by atoms with Crippen molar-refractivity contribution in [3.05, 3.63) is 97.8 Å². The van der Waals surface area contributed by atoms with Crippen LogP contribution in [0.3, 0.4) is 0 Å². The van der Waals surface area contributed by atoms with Crippen LogP contribution < -0.4 is 10.9 Å². The molecule has 0 aliphatic rings. The first-order chi connectivity index (χ1) is 12.0. The Morgan fingerprint density at radius 3 is 2.64 bits per heavy atom. The van der Waals surface area contributed by atoms with Crippen LogP contribution in [0.2, 0.25) is 5.02 Å². The molecule has 1 amide bonds. The Balaban J connectivity index is 1.87. The van der Waals surface area contributed by atoms with Gasteiger partial charge in [0.2, 0.25) is 0 Å². The maximum Gasteiger partial charge on any atom is 0.263 e. The number of pyridine rings is 1. The van der Waals surface area contributed by atoms with Crippen LogP contribution in [-0.4, -0.2) is 10.5 Å². The minimum absolute atomic E-state index is 0.0783. The van der Waals surface area contributed by atoms with E-state index in [-0.39, 0.29) is 11.1 Å². The van der Waals surface area contributed by atoms with Crippen molar-refractivity contribution < 1.29 is 4.79 Å². The van der Waals surface area contributed by atoms with Crippen molar-refractivity contribution in [3.8, 4) is 0 Å². The lowest BCUT2D eigenvalue weighted by molar-refractivity contribution is 0.102. The van der Waals surface area contributed by atoms with Crippen LogP contribution in [0.1, 0.15) is 15.9 Å². The molecule has 126 valence electrons. The van der Waals surface area contributed by atoms with E-state index in [0.717, 1.165) is 10.0 Å². The molecule has 0 spiro atoms. The van der Waals surface area contributed by atoms with Gasteiger partial charge in [-0.15, -0.1) is 0 Å². The lowest BCUT2D eigenvalue weighted by atomic mass is 10.2. The molecule has 0 radical (unpaired) electrons. The smallest absolute Gasteiger partial charge is 0.263 e. The SMILES string of the molecule is O=C(Nc1cccc(Br)c1)c1cccn(Cc2ccccc2Cl)c1=O. The summed E-state index contributed by atoms with van der Waals surface area (Å²) in [6.45, 7) is 0.302. The molecule has 0 bridgehead atoms. The lowest BCUT2D eigenvalue weighted by Gasteiger charge is -2.10. The Hall–Kier alpha value is -2.37.